The lowest BCUT2D eigenvalue weighted by Gasteiger charge is -2.27. The van der Waals surface area contributed by atoms with E-state index in [4.69, 9.17) is 4.74 Å². The number of hydrogen-bond acceptors (Lipinski definition) is 3. The Hall–Kier alpha value is -1.51. The Labute approximate surface area is 102 Å². The zero-order chi connectivity index (χ0) is 11.7. The molecule has 17 heavy (non-hydrogen) atoms. The molecule has 3 rings (SSSR count). The molecule has 0 N–H and O–H groups in total. The van der Waals surface area contributed by atoms with E-state index in [1.54, 1.807) is 13.3 Å². The van der Waals surface area contributed by atoms with E-state index in [-0.39, 0.29) is 0 Å². The molecule has 2 saturated heterocycles. The summed E-state index contributed by atoms with van der Waals surface area (Å²) in [7, 11) is 1.68. The maximum absolute atomic E-state index is 5.20. The van der Waals surface area contributed by atoms with Crippen LogP contribution in [0.2, 0.25) is 0 Å². The van der Waals surface area contributed by atoms with Crippen molar-refractivity contribution in [2.45, 2.75) is 19.3 Å². The van der Waals surface area contributed by atoms with Gasteiger partial charge < -0.3 is 9.64 Å². The topological polar surface area (TPSA) is 25.4 Å². The Morgan fingerprint density at radius 1 is 1.41 bits per heavy atom. The molecule has 2 bridgehead atoms. The predicted octanol–water partition coefficient (Wildman–Crippen LogP) is 2.55. The minimum Gasteiger partial charge on any atom is -0.495 e. The van der Waals surface area contributed by atoms with Gasteiger partial charge >= 0.3 is 0 Å². The minimum absolute atomic E-state index is 0.828. The Morgan fingerprint density at radius 3 is 3.24 bits per heavy atom. The number of rotatable bonds is 2. The molecule has 0 aliphatic carbocycles. The monoisotopic (exact) mass is 230 g/mol. The van der Waals surface area contributed by atoms with E-state index in [2.05, 4.69) is 16.0 Å². The largest absolute Gasteiger partial charge is 0.495 e. The molecule has 0 radical (unpaired) electrons. The fourth-order valence-electron chi connectivity index (χ4n) is 2.82. The van der Waals surface area contributed by atoms with Gasteiger partial charge in [-0.1, -0.05) is 0 Å². The van der Waals surface area contributed by atoms with Crippen molar-refractivity contribution < 1.29 is 4.74 Å². The van der Waals surface area contributed by atoms with E-state index in [0.717, 1.165) is 17.2 Å². The molecule has 0 saturated carbocycles. The number of hydrogen-bond donors (Lipinski definition) is 0. The number of piperidine rings is 1. The van der Waals surface area contributed by atoms with Crippen LogP contribution in [0.1, 0.15) is 24.8 Å². The van der Waals surface area contributed by atoms with Crippen LogP contribution < -0.4 is 4.74 Å². The van der Waals surface area contributed by atoms with E-state index in [1.165, 1.54) is 38.0 Å². The summed E-state index contributed by atoms with van der Waals surface area (Å²) in [5.74, 6) is 1.77. The van der Waals surface area contributed by atoms with Crippen molar-refractivity contribution in [2.24, 2.45) is 5.92 Å². The number of allylic oxidation sites excluding steroid dienone is 1. The van der Waals surface area contributed by atoms with E-state index in [9.17, 15) is 0 Å². The maximum Gasteiger partial charge on any atom is 0.137 e. The second kappa shape index (κ2) is 4.40. The average Bonchev–Trinajstić information content (AvgIpc) is 2.76. The second-order valence-electron chi connectivity index (χ2n) is 4.93. The molecule has 3 nitrogen and oxygen atoms in total. The molecule has 3 heterocycles. The van der Waals surface area contributed by atoms with Gasteiger partial charge in [-0.2, -0.15) is 0 Å². The fraction of sp³-hybridized carbons (Fsp3) is 0.500. The van der Waals surface area contributed by atoms with Crippen molar-refractivity contribution in [1.29, 1.82) is 0 Å². The zero-order valence-corrected chi connectivity index (χ0v) is 10.2. The molecule has 1 atom stereocenters. The maximum atomic E-state index is 5.20. The number of nitrogens with zero attached hydrogens (tertiary/aromatic N) is 2. The average molecular weight is 230 g/mol. The summed E-state index contributed by atoms with van der Waals surface area (Å²) in [4.78, 5) is 6.72. The van der Waals surface area contributed by atoms with E-state index >= 15 is 0 Å². The Balaban J connectivity index is 1.84. The van der Waals surface area contributed by atoms with E-state index in [1.807, 2.05) is 12.3 Å². The van der Waals surface area contributed by atoms with Crippen molar-refractivity contribution in [3.05, 3.63) is 29.7 Å². The van der Waals surface area contributed by atoms with Gasteiger partial charge in [0.2, 0.25) is 0 Å². The van der Waals surface area contributed by atoms with Crippen LogP contribution in [-0.4, -0.2) is 30.1 Å². The first-order valence-corrected chi connectivity index (χ1v) is 6.30. The van der Waals surface area contributed by atoms with Crippen molar-refractivity contribution >= 4 is 6.08 Å². The molecule has 2 fully saturated rings. The first-order chi connectivity index (χ1) is 8.35. The first kappa shape index (κ1) is 10.6. The van der Waals surface area contributed by atoms with Crippen LogP contribution in [0.4, 0.5) is 0 Å². The smallest absolute Gasteiger partial charge is 0.137 e. The Bertz CT molecular complexity index is 442. The summed E-state index contributed by atoms with van der Waals surface area (Å²) in [6, 6.07) is 2.04. The molecule has 3 heteroatoms. The molecule has 1 aromatic heterocycles. The number of aromatic nitrogens is 1. The quantitative estimate of drug-likeness (QED) is 0.780. The van der Waals surface area contributed by atoms with Crippen LogP contribution >= 0.6 is 0 Å². The number of pyridine rings is 1. The summed E-state index contributed by atoms with van der Waals surface area (Å²) < 4.78 is 5.20. The molecule has 90 valence electrons. The number of fused-ring (bicyclic) bond motifs is 2. The molecular weight excluding hydrogens is 212 g/mol. The lowest BCUT2D eigenvalue weighted by atomic mass is 9.98. The molecule has 0 aromatic carbocycles. The van der Waals surface area contributed by atoms with Gasteiger partial charge in [0.15, 0.2) is 0 Å². The molecule has 0 spiro atoms. The Morgan fingerprint density at radius 2 is 2.35 bits per heavy atom. The third-order valence-electron chi connectivity index (χ3n) is 3.80. The van der Waals surface area contributed by atoms with Crippen molar-refractivity contribution in [3.8, 4) is 5.75 Å². The van der Waals surface area contributed by atoms with Gasteiger partial charge in [0, 0.05) is 25.0 Å². The van der Waals surface area contributed by atoms with Gasteiger partial charge in [-0.25, -0.2) is 0 Å². The van der Waals surface area contributed by atoms with Gasteiger partial charge in [0.05, 0.1) is 13.3 Å². The van der Waals surface area contributed by atoms with Gasteiger partial charge in [-0.05, 0) is 42.9 Å². The highest BCUT2D eigenvalue weighted by molar-refractivity contribution is 5.53. The van der Waals surface area contributed by atoms with Crippen molar-refractivity contribution in [3.63, 3.8) is 0 Å². The normalized spacial score (nSPS) is 25.4. The molecular formula is C14H18N2O. The van der Waals surface area contributed by atoms with Crippen molar-refractivity contribution in [1.82, 2.24) is 9.88 Å². The first-order valence-electron chi connectivity index (χ1n) is 6.30. The third-order valence-corrected chi connectivity index (χ3v) is 3.80. The predicted molar refractivity (Wildman–Crippen MR) is 67.7 cm³/mol. The summed E-state index contributed by atoms with van der Waals surface area (Å²) in [6.07, 6.45) is 9.83. The summed E-state index contributed by atoms with van der Waals surface area (Å²) >= 11 is 0. The summed E-state index contributed by atoms with van der Waals surface area (Å²) in [6.45, 7) is 2.48. The lowest BCUT2D eigenvalue weighted by molar-refractivity contribution is 0.338. The molecule has 1 unspecified atom stereocenters. The second-order valence-corrected chi connectivity index (χ2v) is 4.93. The van der Waals surface area contributed by atoms with Gasteiger partial charge in [0.1, 0.15) is 5.75 Å². The number of ether oxygens (including phenoxy) is 1. The van der Waals surface area contributed by atoms with Gasteiger partial charge in [0.25, 0.3) is 0 Å². The number of methoxy groups -OCH3 is 1. The SMILES string of the molecule is COc1cncc(C=C2CCC3CCN2C3)c1. The van der Waals surface area contributed by atoms with Gasteiger partial charge in [-0.15, -0.1) is 0 Å². The van der Waals surface area contributed by atoms with Crippen LogP contribution in [0.25, 0.3) is 6.08 Å². The summed E-state index contributed by atoms with van der Waals surface area (Å²) in [5.41, 5.74) is 2.61. The minimum atomic E-state index is 0.828. The van der Waals surface area contributed by atoms with Crippen molar-refractivity contribution in [2.75, 3.05) is 20.2 Å². The third kappa shape index (κ3) is 2.14. The van der Waals surface area contributed by atoms with Crippen LogP contribution in [0.3, 0.4) is 0 Å². The highest BCUT2D eigenvalue weighted by Crippen LogP contribution is 2.34. The standard InChI is InChI=1S/C14H18N2O/c1-17-14-7-12(8-15-9-14)6-13-3-2-11-4-5-16(13)10-11/h6-9,11H,2-5,10H2,1H3. The molecule has 2 aliphatic heterocycles. The Kier molecular flexibility index (Phi) is 2.75. The zero-order valence-electron chi connectivity index (χ0n) is 10.2. The van der Waals surface area contributed by atoms with E-state index in [0.29, 0.717) is 0 Å². The fourth-order valence-corrected chi connectivity index (χ4v) is 2.82. The lowest BCUT2D eigenvalue weighted by Crippen LogP contribution is -2.24. The van der Waals surface area contributed by atoms with E-state index < -0.39 is 0 Å². The summed E-state index contributed by atoms with van der Waals surface area (Å²) in [5, 5.41) is 0. The van der Waals surface area contributed by atoms with Crippen LogP contribution in [0.15, 0.2) is 24.2 Å². The van der Waals surface area contributed by atoms with Gasteiger partial charge in [-0.3, -0.25) is 4.98 Å². The van der Waals surface area contributed by atoms with Crippen LogP contribution in [0, 0.1) is 5.92 Å². The molecule has 1 aromatic rings. The van der Waals surface area contributed by atoms with Crippen LogP contribution in [-0.2, 0) is 0 Å². The molecule has 0 amide bonds. The molecule has 2 aliphatic rings. The highest BCUT2D eigenvalue weighted by Gasteiger charge is 2.28. The van der Waals surface area contributed by atoms with Crippen LogP contribution in [0.5, 0.6) is 5.75 Å². The highest BCUT2D eigenvalue weighted by atomic mass is 16.5.